The number of hydrogen-bond donors (Lipinski definition) is 1. The van der Waals surface area contributed by atoms with Crippen molar-refractivity contribution in [2.45, 2.75) is 45.2 Å². The lowest BCUT2D eigenvalue weighted by molar-refractivity contribution is -0.121. The van der Waals surface area contributed by atoms with Gasteiger partial charge in [0.15, 0.2) is 12.3 Å². The number of aryl methyl sites for hydroxylation is 1. The number of anilines is 1. The second-order valence-corrected chi connectivity index (χ2v) is 10.9. The van der Waals surface area contributed by atoms with E-state index < -0.39 is 12.8 Å². The maximum absolute atomic E-state index is 13.3. The van der Waals surface area contributed by atoms with Crippen molar-refractivity contribution in [1.82, 2.24) is 30.0 Å². The van der Waals surface area contributed by atoms with Crippen LogP contribution in [-0.2, 0) is 17.8 Å². The van der Waals surface area contributed by atoms with Gasteiger partial charge in [0, 0.05) is 29.8 Å². The Morgan fingerprint density at radius 3 is 2.81 bits per heavy atom. The Labute approximate surface area is 245 Å². The molecule has 1 saturated heterocycles. The summed E-state index contributed by atoms with van der Waals surface area (Å²) in [5.41, 5.74) is 2.79. The SMILES string of the molecule is C[C@@H]1CNCCC1n1ncc2c(-c3ccc4c(c3)OCC(=O)N4Cc3ncc(Cl)cn3)c(C#N)c(CCC(F)F)nc21. The topological polar surface area (TPSA) is 122 Å². The van der Waals surface area contributed by atoms with Crippen LogP contribution >= 0.6 is 11.6 Å². The standard InChI is InChI=1S/C29H27ClF2N8O2/c1-16-10-34-7-6-22(16)40-29-20(13-37-40)28(19(9-33)21(38-29)3-5-25(31)32)17-2-4-23-24(8-17)42-15-27(41)39(23)14-26-35-11-18(30)12-36-26/h2,4,8,11-13,16,22,25,34H,3,5-7,10,14-15H2,1H3/t16-,22?/m1/s1. The number of rotatable bonds is 7. The highest BCUT2D eigenvalue weighted by molar-refractivity contribution is 6.30. The van der Waals surface area contributed by atoms with E-state index in [4.69, 9.17) is 26.4 Å². The van der Waals surface area contributed by atoms with E-state index in [1.165, 1.54) is 17.3 Å². The molecule has 216 valence electrons. The van der Waals surface area contributed by atoms with Crippen LogP contribution in [0.3, 0.4) is 0 Å². The summed E-state index contributed by atoms with van der Waals surface area (Å²) in [5, 5.41) is 19.4. The molecule has 5 heterocycles. The van der Waals surface area contributed by atoms with Crippen molar-refractivity contribution in [3.8, 4) is 22.9 Å². The van der Waals surface area contributed by atoms with E-state index >= 15 is 0 Å². The van der Waals surface area contributed by atoms with Crippen LogP contribution in [0.1, 0.15) is 42.9 Å². The number of carbonyl (C=O) groups excluding carboxylic acids is 1. The Hall–Kier alpha value is -4.21. The molecule has 2 atom stereocenters. The van der Waals surface area contributed by atoms with Crippen LogP contribution in [0.15, 0.2) is 36.8 Å². The number of piperidine rings is 1. The normalized spacial score (nSPS) is 18.7. The van der Waals surface area contributed by atoms with E-state index in [2.05, 4.69) is 28.3 Å². The van der Waals surface area contributed by atoms with Crippen molar-refractivity contribution in [2.24, 2.45) is 5.92 Å². The molecule has 1 amide bonds. The molecule has 0 spiro atoms. The van der Waals surface area contributed by atoms with E-state index in [-0.39, 0.29) is 43.0 Å². The summed E-state index contributed by atoms with van der Waals surface area (Å²) in [7, 11) is 0. The summed E-state index contributed by atoms with van der Waals surface area (Å²) >= 11 is 5.91. The summed E-state index contributed by atoms with van der Waals surface area (Å²) in [6.07, 6.45) is 2.47. The number of halogens is 3. The van der Waals surface area contributed by atoms with Crippen LogP contribution in [-0.4, -0.2) is 56.8 Å². The first kappa shape index (κ1) is 27.9. The molecule has 2 aliphatic rings. The fraction of sp³-hybridized carbons (Fsp3) is 0.379. The lowest BCUT2D eigenvalue weighted by Crippen LogP contribution is -2.38. The molecule has 1 unspecified atom stereocenters. The molecule has 2 aliphatic heterocycles. The largest absolute Gasteiger partial charge is 0.482 e. The smallest absolute Gasteiger partial charge is 0.265 e. The molecule has 0 radical (unpaired) electrons. The van der Waals surface area contributed by atoms with Gasteiger partial charge in [-0.05, 0) is 49.5 Å². The number of benzene rings is 1. The number of alkyl halides is 2. The van der Waals surface area contributed by atoms with Gasteiger partial charge in [0.25, 0.3) is 5.91 Å². The zero-order valence-corrected chi connectivity index (χ0v) is 23.5. The van der Waals surface area contributed by atoms with Crippen molar-refractivity contribution in [1.29, 1.82) is 5.26 Å². The third-order valence-electron chi connectivity index (χ3n) is 7.75. The zero-order valence-electron chi connectivity index (χ0n) is 22.7. The lowest BCUT2D eigenvalue weighted by Gasteiger charge is -2.30. The minimum atomic E-state index is -2.53. The van der Waals surface area contributed by atoms with Gasteiger partial charge in [-0.3, -0.25) is 9.69 Å². The molecule has 1 fully saturated rings. The Morgan fingerprint density at radius 1 is 1.26 bits per heavy atom. The van der Waals surface area contributed by atoms with E-state index in [0.29, 0.717) is 50.1 Å². The maximum atomic E-state index is 13.3. The van der Waals surface area contributed by atoms with E-state index in [1.807, 2.05) is 4.68 Å². The highest BCUT2D eigenvalue weighted by Gasteiger charge is 2.30. The third-order valence-corrected chi connectivity index (χ3v) is 7.94. The number of pyridine rings is 1. The van der Waals surface area contributed by atoms with Gasteiger partial charge in [-0.25, -0.2) is 28.4 Å². The maximum Gasteiger partial charge on any atom is 0.265 e. The van der Waals surface area contributed by atoms with Crippen LogP contribution in [0, 0.1) is 17.2 Å². The van der Waals surface area contributed by atoms with Gasteiger partial charge >= 0.3 is 0 Å². The van der Waals surface area contributed by atoms with E-state index in [9.17, 15) is 18.8 Å². The molecule has 0 aliphatic carbocycles. The van der Waals surface area contributed by atoms with Gasteiger partial charge < -0.3 is 10.1 Å². The van der Waals surface area contributed by atoms with Gasteiger partial charge in [0.1, 0.15) is 17.6 Å². The van der Waals surface area contributed by atoms with Gasteiger partial charge in [-0.15, -0.1) is 0 Å². The second-order valence-electron chi connectivity index (χ2n) is 10.5. The molecule has 42 heavy (non-hydrogen) atoms. The summed E-state index contributed by atoms with van der Waals surface area (Å²) in [6.45, 7) is 3.72. The summed E-state index contributed by atoms with van der Waals surface area (Å²) in [6, 6.07) is 7.58. The average molecular weight is 593 g/mol. The molecule has 1 N–H and O–H groups in total. The fourth-order valence-corrected chi connectivity index (χ4v) is 5.75. The first-order chi connectivity index (χ1) is 20.3. The molecule has 3 aromatic heterocycles. The van der Waals surface area contributed by atoms with Crippen molar-refractivity contribution in [3.05, 3.63) is 58.9 Å². The molecule has 1 aromatic carbocycles. The molecule has 13 heteroatoms. The van der Waals surface area contributed by atoms with Crippen LogP contribution in [0.25, 0.3) is 22.2 Å². The van der Waals surface area contributed by atoms with Crippen molar-refractivity contribution in [2.75, 3.05) is 24.6 Å². The average Bonchev–Trinajstić information content (AvgIpc) is 3.41. The number of carbonyl (C=O) groups is 1. The number of nitrogens with one attached hydrogen (secondary N) is 1. The number of nitrogens with zero attached hydrogens (tertiary/aromatic N) is 7. The first-order valence-electron chi connectivity index (χ1n) is 13.7. The number of aromatic nitrogens is 5. The highest BCUT2D eigenvalue weighted by Crippen LogP contribution is 2.41. The predicted octanol–water partition coefficient (Wildman–Crippen LogP) is 4.71. The molecular weight excluding hydrogens is 566 g/mol. The van der Waals surface area contributed by atoms with Gasteiger partial charge in [-0.2, -0.15) is 10.4 Å². The summed E-state index contributed by atoms with van der Waals surface area (Å²) in [5.74, 6) is 0.862. The molecule has 10 nitrogen and oxygen atoms in total. The number of ether oxygens (including phenoxy) is 1. The van der Waals surface area contributed by atoms with Gasteiger partial charge in [0.2, 0.25) is 6.43 Å². The van der Waals surface area contributed by atoms with E-state index in [1.54, 1.807) is 24.4 Å². The van der Waals surface area contributed by atoms with Crippen LogP contribution in [0.4, 0.5) is 14.5 Å². The number of fused-ring (bicyclic) bond motifs is 2. The van der Waals surface area contributed by atoms with Gasteiger partial charge in [-0.1, -0.05) is 24.6 Å². The Morgan fingerprint density at radius 2 is 2.07 bits per heavy atom. The molecule has 4 aromatic rings. The quantitative estimate of drug-likeness (QED) is 0.327. The Balaban J connectivity index is 1.47. The molecular formula is C29H27ClF2N8O2. The molecule has 0 bridgehead atoms. The van der Waals surface area contributed by atoms with Crippen LogP contribution < -0.4 is 15.0 Å². The fourth-order valence-electron chi connectivity index (χ4n) is 5.65. The zero-order chi connectivity index (χ0) is 29.4. The number of hydrogen-bond acceptors (Lipinski definition) is 8. The van der Waals surface area contributed by atoms with Crippen molar-refractivity contribution < 1.29 is 18.3 Å². The van der Waals surface area contributed by atoms with Crippen LogP contribution in [0.2, 0.25) is 5.02 Å². The summed E-state index contributed by atoms with van der Waals surface area (Å²) in [4.78, 5) is 27.5. The van der Waals surface area contributed by atoms with Crippen LogP contribution in [0.5, 0.6) is 5.75 Å². The third kappa shape index (κ3) is 5.26. The minimum Gasteiger partial charge on any atom is -0.482 e. The highest BCUT2D eigenvalue weighted by atomic mass is 35.5. The molecule has 0 saturated carbocycles. The Bertz CT molecular complexity index is 1690. The number of nitriles is 1. The van der Waals surface area contributed by atoms with E-state index in [0.717, 1.165) is 19.5 Å². The minimum absolute atomic E-state index is 0.0543. The van der Waals surface area contributed by atoms with Gasteiger partial charge in [0.05, 0.1) is 40.8 Å². The lowest BCUT2D eigenvalue weighted by atomic mass is 9.93. The second kappa shape index (κ2) is 11.6. The molecule has 6 rings (SSSR count). The Kier molecular flexibility index (Phi) is 7.70. The predicted molar refractivity (Wildman–Crippen MR) is 151 cm³/mol. The van der Waals surface area contributed by atoms with Crippen molar-refractivity contribution in [3.63, 3.8) is 0 Å². The number of amides is 1. The van der Waals surface area contributed by atoms with Crippen molar-refractivity contribution >= 4 is 34.2 Å². The monoisotopic (exact) mass is 592 g/mol. The first-order valence-corrected chi connectivity index (χ1v) is 14.0. The summed E-state index contributed by atoms with van der Waals surface area (Å²) < 4.78 is 34.3.